The summed E-state index contributed by atoms with van der Waals surface area (Å²) < 4.78 is 29.1. The van der Waals surface area contributed by atoms with E-state index in [1.807, 2.05) is 0 Å². The van der Waals surface area contributed by atoms with E-state index in [0.717, 1.165) is 5.01 Å². The van der Waals surface area contributed by atoms with Gasteiger partial charge in [0, 0.05) is 19.5 Å². The third kappa shape index (κ3) is 6.70. The van der Waals surface area contributed by atoms with Crippen molar-refractivity contribution in [1.29, 1.82) is 0 Å². The number of hydrogen-bond acceptors (Lipinski definition) is 10. The van der Waals surface area contributed by atoms with E-state index in [2.05, 4.69) is 15.5 Å². The number of amides is 1. The second kappa shape index (κ2) is 11.2. The molecule has 1 saturated heterocycles. The molecule has 5 atom stereocenters. The highest BCUT2D eigenvalue weighted by atomic mass is 31.2. The maximum Gasteiger partial charge on any atom is 0.463 e. The zero-order chi connectivity index (χ0) is 23.9. The van der Waals surface area contributed by atoms with E-state index in [0.29, 0.717) is 6.41 Å². The summed E-state index contributed by atoms with van der Waals surface area (Å²) >= 11 is 0. The molecule has 0 spiro atoms. The standard InChI is InChI=1S/C18H30N5O8P/c1-4-21-32(28,30-13-8-6-5-7-9-13)31-18(26,27)14-10-12(2)17(29-14)23(11-24)22-16(25)15(19)20-3/h5-9,11-12,14,16-17,22,25-27H,4,10H2,1-3H3,(H2,19,20)(H,21,28). The molecule has 1 fully saturated rings. The van der Waals surface area contributed by atoms with Gasteiger partial charge in [-0.15, -0.1) is 0 Å². The van der Waals surface area contributed by atoms with Crippen LogP contribution in [0, 0.1) is 5.92 Å². The maximum absolute atomic E-state index is 13.1. The van der Waals surface area contributed by atoms with Crippen molar-refractivity contribution in [2.75, 3.05) is 13.6 Å². The molecular formula is C18H30N5O8P. The number of nitrogens with one attached hydrogen (secondary N) is 2. The topological polar surface area (TPSA) is 188 Å². The molecule has 0 aliphatic carbocycles. The number of hydrazine groups is 1. The molecular weight excluding hydrogens is 445 g/mol. The quantitative estimate of drug-likeness (QED) is 0.0569. The van der Waals surface area contributed by atoms with E-state index in [9.17, 15) is 24.7 Å². The number of benzene rings is 1. The monoisotopic (exact) mass is 475 g/mol. The Morgan fingerprint density at radius 2 is 2.12 bits per heavy atom. The number of nitrogens with zero attached hydrogens (tertiary/aromatic N) is 2. The van der Waals surface area contributed by atoms with Gasteiger partial charge in [0.25, 0.3) is 0 Å². The molecule has 180 valence electrons. The highest BCUT2D eigenvalue weighted by Gasteiger charge is 2.51. The summed E-state index contributed by atoms with van der Waals surface area (Å²) in [5, 5.41) is 34.4. The summed E-state index contributed by atoms with van der Waals surface area (Å²) in [5.41, 5.74) is 7.92. The van der Waals surface area contributed by atoms with Gasteiger partial charge in [0.15, 0.2) is 6.23 Å². The molecule has 1 aromatic rings. The number of amidine groups is 1. The van der Waals surface area contributed by atoms with Crippen LogP contribution in [0.15, 0.2) is 35.3 Å². The summed E-state index contributed by atoms with van der Waals surface area (Å²) in [6.45, 7) is 3.45. The van der Waals surface area contributed by atoms with Crippen LogP contribution < -0.4 is 20.8 Å². The minimum Gasteiger partial charge on any atom is -0.413 e. The number of carbonyl (C=O) groups is 1. The van der Waals surface area contributed by atoms with Crippen LogP contribution in [-0.2, 0) is 18.6 Å². The number of carbonyl (C=O) groups excluding carboxylic acids is 1. The number of ether oxygens (including phenoxy) is 1. The fourth-order valence-electron chi connectivity index (χ4n) is 3.02. The Morgan fingerprint density at radius 3 is 2.69 bits per heavy atom. The Morgan fingerprint density at radius 1 is 1.47 bits per heavy atom. The Labute approximate surface area is 185 Å². The Bertz CT molecular complexity index is 827. The van der Waals surface area contributed by atoms with Gasteiger partial charge in [-0.3, -0.25) is 9.79 Å². The fraction of sp³-hybridized carbons (Fsp3) is 0.556. The third-order valence-electron chi connectivity index (χ3n) is 4.57. The number of rotatable bonds is 12. The molecule has 1 aromatic carbocycles. The lowest BCUT2D eigenvalue weighted by Gasteiger charge is -2.32. The molecule has 1 aliphatic heterocycles. The van der Waals surface area contributed by atoms with Crippen molar-refractivity contribution >= 4 is 20.0 Å². The van der Waals surface area contributed by atoms with Gasteiger partial charge in [0.05, 0.1) is 0 Å². The number of nitrogens with two attached hydrogens (primary N) is 1. The minimum absolute atomic E-state index is 0.00852. The van der Waals surface area contributed by atoms with Crippen molar-refractivity contribution in [2.45, 2.75) is 44.8 Å². The zero-order valence-electron chi connectivity index (χ0n) is 18.0. The van der Waals surface area contributed by atoms with E-state index < -0.39 is 38.2 Å². The molecule has 0 saturated carbocycles. The van der Waals surface area contributed by atoms with Crippen molar-refractivity contribution in [3.05, 3.63) is 30.3 Å². The van der Waals surface area contributed by atoms with Gasteiger partial charge in [-0.25, -0.2) is 19.2 Å². The van der Waals surface area contributed by atoms with Gasteiger partial charge in [0.1, 0.15) is 23.9 Å². The number of para-hydroxylation sites is 1. The van der Waals surface area contributed by atoms with Crippen molar-refractivity contribution in [1.82, 2.24) is 15.5 Å². The molecule has 0 aromatic heterocycles. The molecule has 7 N–H and O–H groups in total. The predicted octanol–water partition coefficient (Wildman–Crippen LogP) is -0.542. The van der Waals surface area contributed by atoms with Crippen LogP contribution in [0.1, 0.15) is 20.3 Å². The molecule has 32 heavy (non-hydrogen) atoms. The predicted molar refractivity (Wildman–Crippen MR) is 114 cm³/mol. The summed E-state index contributed by atoms with van der Waals surface area (Å²) in [6.07, 6.45) is -3.57. The van der Waals surface area contributed by atoms with Crippen molar-refractivity contribution in [3.8, 4) is 5.75 Å². The first kappa shape index (κ1) is 26.2. The van der Waals surface area contributed by atoms with Crippen LogP contribution in [0.4, 0.5) is 0 Å². The third-order valence-corrected chi connectivity index (χ3v) is 6.23. The van der Waals surface area contributed by atoms with Gasteiger partial charge in [-0.05, 0) is 18.6 Å². The van der Waals surface area contributed by atoms with Crippen LogP contribution in [0.5, 0.6) is 5.75 Å². The lowest BCUT2D eigenvalue weighted by Crippen LogP contribution is -2.55. The average molecular weight is 475 g/mol. The summed E-state index contributed by atoms with van der Waals surface area (Å²) in [4.78, 5) is 15.1. The largest absolute Gasteiger partial charge is 0.463 e. The van der Waals surface area contributed by atoms with Crippen molar-refractivity contribution < 1.29 is 38.5 Å². The van der Waals surface area contributed by atoms with Crippen molar-refractivity contribution in [3.63, 3.8) is 0 Å². The van der Waals surface area contributed by atoms with Gasteiger partial charge in [-0.1, -0.05) is 32.0 Å². The minimum atomic E-state index is -4.23. The van der Waals surface area contributed by atoms with Crippen molar-refractivity contribution in [2.24, 2.45) is 16.6 Å². The second-order valence-electron chi connectivity index (χ2n) is 7.08. The van der Waals surface area contributed by atoms with Gasteiger partial charge >= 0.3 is 13.7 Å². The molecule has 1 amide bonds. The Balaban J connectivity index is 2.13. The second-order valence-corrected chi connectivity index (χ2v) is 8.76. The number of hydrogen-bond donors (Lipinski definition) is 6. The summed E-state index contributed by atoms with van der Waals surface area (Å²) in [6, 6.07) is 8.07. The normalized spacial score (nSPS) is 24.6. The summed E-state index contributed by atoms with van der Waals surface area (Å²) in [5.74, 6) is -3.47. The molecule has 0 radical (unpaired) electrons. The first-order valence-electron chi connectivity index (χ1n) is 9.86. The van der Waals surface area contributed by atoms with E-state index >= 15 is 0 Å². The van der Waals surface area contributed by atoms with E-state index in [-0.39, 0.29) is 24.6 Å². The first-order chi connectivity index (χ1) is 15.0. The zero-order valence-corrected chi connectivity index (χ0v) is 18.9. The fourth-order valence-corrected chi connectivity index (χ4v) is 4.44. The number of aliphatic imine (C=N–C) groups is 1. The molecule has 1 heterocycles. The molecule has 2 rings (SSSR count). The Kier molecular flexibility index (Phi) is 9.13. The molecule has 13 nitrogen and oxygen atoms in total. The number of aliphatic hydroxyl groups excluding tert-OH is 1. The highest BCUT2D eigenvalue weighted by molar-refractivity contribution is 7.52. The smallest absolute Gasteiger partial charge is 0.413 e. The molecule has 14 heteroatoms. The van der Waals surface area contributed by atoms with Gasteiger partial charge in [-0.2, -0.15) is 5.43 Å². The van der Waals surface area contributed by atoms with E-state index in [4.69, 9.17) is 19.5 Å². The first-order valence-corrected chi connectivity index (χ1v) is 11.4. The van der Waals surface area contributed by atoms with E-state index in [1.165, 1.54) is 19.2 Å². The van der Waals surface area contributed by atoms with Crippen LogP contribution in [0.2, 0.25) is 0 Å². The van der Waals surface area contributed by atoms with Gasteiger partial charge in [0.2, 0.25) is 6.41 Å². The van der Waals surface area contributed by atoms with Gasteiger partial charge < -0.3 is 30.3 Å². The Hall–Kier alpha value is -2.09. The lowest BCUT2D eigenvalue weighted by molar-refractivity contribution is -0.347. The maximum atomic E-state index is 13.1. The molecule has 5 unspecified atom stereocenters. The summed E-state index contributed by atoms with van der Waals surface area (Å²) in [7, 11) is -2.87. The molecule has 0 bridgehead atoms. The van der Waals surface area contributed by atoms with Crippen LogP contribution in [0.25, 0.3) is 0 Å². The lowest BCUT2D eigenvalue weighted by atomic mass is 10.0. The van der Waals surface area contributed by atoms with Crippen LogP contribution in [0.3, 0.4) is 0 Å². The highest BCUT2D eigenvalue weighted by Crippen LogP contribution is 2.49. The SMILES string of the molecule is CCNP(=O)(Oc1ccccc1)OC(O)(O)C1CC(C)C(N(C=O)NC(O)C(N)=NC)O1. The number of aliphatic hydroxyl groups is 3. The molecule has 1 aliphatic rings. The average Bonchev–Trinajstić information content (AvgIpc) is 3.14. The van der Waals surface area contributed by atoms with E-state index in [1.54, 1.807) is 32.0 Å². The van der Waals surface area contributed by atoms with Crippen LogP contribution in [-0.4, -0.2) is 70.7 Å². The van der Waals surface area contributed by atoms with Crippen LogP contribution >= 0.6 is 7.75 Å².